The Morgan fingerprint density at radius 2 is 2.35 bits per heavy atom. The molecular formula is C14H24N2S. The number of hydrogen-bond acceptors (Lipinski definition) is 3. The van der Waals surface area contributed by atoms with Crippen LogP contribution in [0.1, 0.15) is 38.0 Å². The molecule has 0 spiro atoms. The minimum absolute atomic E-state index is 0.674. The normalized spacial score (nSPS) is 17.6. The summed E-state index contributed by atoms with van der Waals surface area (Å²) >= 11 is 1.87. The maximum absolute atomic E-state index is 3.60. The first-order valence-corrected chi connectivity index (χ1v) is 7.67. The van der Waals surface area contributed by atoms with Crippen molar-refractivity contribution in [3.05, 3.63) is 22.4 Å². The van der Waals surface area contributed by atoms with E-state index in [0.29, 0.717) is 6.04 Å². The summed E-state index contributed by atoms with van der Waals surface area (Å²) in [5.41, 5.74) is 0. The zero-order chi connectivity index (χ0) is 12.1. The van der Waals surface area contributed by atoms with Crippen molar-refractivity contribution in [2.45, 2.75) is 51.7 Å². The van der Waals surface area contributed by atoms with Crippen molar-refractivity contribution in [2.24, 2.45) is 0 Å². The largest absolute Gasteiger partial charge is 0.314 e. The molecule has 1 saturated carbocycles. The fourth-order valence-corrected chi connectivity index (χ4v) is 2.88. The quantitative estimate of drug-likeness (QED) is 0.765. The Kier molecular flexibility index (Phi) is 5.01. The van der Waals surface area contributed by atoms with Gasteiger partial charge in [-0.25, -0.2) is 0 Å². The van der Waals surface area contributed by atoms with E-state index in [-0.39, 0.29) is 0 Å². The van der Waals surface area contributed by atoms with Gasteiger partial charge in [0, 0.05) is 23.5 Å². The second-order valence-corrected chi connectivity index (χ2v) is 6.04. The number of nitrogens with zero attached hydrogens (tertiary/aromatic N) is 1. The summed E-state index contributed by atoms with van der Waals surface area (Å²) in [6, 6.07) is 5.90. The van der Waals surface area contributed by atoms with Gasteiger partial charge in [0.1, 0.15) is 0 Å². The molecule has 0 aromatic carbocycles. The Hall–Kier alpha value is -0.380. The van der Waals surface area contributed by atoms with Crippen LogP contribution in [-0.2, 0) is 6.54 Å². The van der Waals surface area contributed by atoms with Crippen molar-refractivity contribution in [1.29, 1.82) is 0 Å². The first kappa shape index (κ1) is 13.1. The van der Waals surface area contributed by atoms with E-state index >= 15 is 0 Å². The van der Waals surface area contributed by atoms with Gasteiger partial charge in [-0.05, 0) is 50.7 Å². The molecule has 1 N–H and O–H groups in total. The van der Waals surface area contributed by atoms with Crippen molar-refractivity contribution >= 4 is 11.3 Å². The van der Waals surface area contributed by atoms with E-state index < -0.39 is 0 Å². The van der Waals surface area contributed by atoms with Gasteiger partial charge in [-0.2, -0.15) is 0 Å². The Morgan fingerprint density at radius 3 is 2.94 bits per heavy atom. The van der Waals surface area contributed by atoms with Crippen LogP contribution in [-0.4, -0.2) is 30.1 Å². The predicted molar refractivity (Wildman–Crippen MR) is 75.5 cm³/mol. The Bertz CT molecular complexity index is 306. The van der Waals surface area contributed by atoms with E-state index in [1.165, 1.54) is 30.7 Å². The Balaban J connectivity index is 1.71. The summed E-state index contributed by atoms with van der Waals surface area (Å²) in [5, 5.41) is 5.77. The SMILES string of the molecule is CCN(Cc1cccs1)C(C)CCNC1CC1. The maximum Gasteiger partial charge on any atom is 0.0330 e. The second kappa shape index (κ2) is 6.53. The van der Waals surface area contributed by atoms with Crippen LogP contribution in [0.4, 0.5) is 0 Å². The minimum Gasteiger partial charge on any atom is -0.314 e. The fourth-order valence-electron chi connectivity index (χ4n) is 2.15. The molecule has 2 rings (SSSR count). The maximum atomic E-state index is 3.60. The lowest BCUT2D eigenvalue weighted by molar-refractivity contribution is 0.202. The van der Waals surface area contributed by atoms with Gasteiger partial charge in [-0.3, -0.25) is 4.90 Å². The molecule has 0 amide bonds. The van der Waals surface area contributed by atoms with E-state index in [2.05, 4.69) is 41.6 Å². The molecule has 1 aliphatic rings. The van der Waals surface area contributed by atoms with E-state index in [4.69, 9.17) is 0 Å². The summed E-state index contributed by atoms with van der Waals surface area (Å²) in [7, 11) is 0. The molecule has 17 heavy (non-hydrogen) atoms. The van der Waals surface area contributed by atoms with Crippen LogP contribution in [0.3, 0.4) is 0 Å². The van der Waals surface area contributed by atoms with Crippen molar-refractivity contribution in [3.63, 3.8) is 0 Å². The molecule has 1 atom stereocenters. The highest BCUT2D eigenvalue weighted by Crippen LogP contribution is 2.19. The first-order valence-electron chi connectivity index (χ1n) is 6.79. The third-order valence-corrected chi connectivity index (χ3v) is 4.40. The topological polar surface area (TPSA) is 15.3 Å². The van der Waals surface area contributed by atoms with E-state index in [0.717, 1.165) is 19.1 Å². The molecule has 1 aromatic rings. The Labute approximate surface area is 109 Å². The molecule has 96 valence electrons. The third-order valence-electron chi connectivity index (χ3n) is 3.54. The summed E-state index contributed by atoms with van der Waals surface area (Å²) < 4.78 is 0. The highest BCUT2D eigenvalue weighted by atomic mass is 32.1. The highest BCUT2D eigenvalue weighted by Gasteiger charge is 2.20. The zero-order valence-corrected chi connectivity index (χ0v) is 11.8. The van der Waals surface area contributed by atoms with Gasteiger partial charge in [-0.1, -0.05) is 13.0 Å². The van der Waals surface area contributed by atoms with E-state index in [9.17, 15) is 0 Å². The van der Waals surface area contributed by atoms with Gasteiger partial charge in [0.05, 0.1) is 0 Å². The van der Waals surface area contributed by atoms with E-state index in [1.54, 1.807) is 0 Å². The summed E-state index contributed by atoms with van der Waals surface area (Å²) in [6.07, 6.45) is 4.04. The molecular weight excluding hydrogens is 228 g/mol. The zero-order valence-electron chi connectivity index (χ0n) is 11.0. The minimum atomic E-state index is 0.674. The van der Waals surface area contributed by atoms with Gasteiger partial charge in [0.15, 0.2) is 0 Å². The number of rotatable bonds is 8. The molecule has 0 saturated heterocycles. The predicted octanol–water partition coefficient (Wildman–Crippen LogP) is 3.10. The third kappa shape index (κ3) is 4.41. The number of thiophene rings is 1. The van der Waals surface area contributed by atoms with Crippen LogP contribution >= 0.6 is 11.3 Å². The molecule has 1 aliphatic carbocycles. The van der Waals surface area contributed by atoms with Crippen LogP contribution < -0.4 is 5.32 Å². The molecule has 0 radical (unpaired) electrons. The number of nitrogens with one attached hydrogen (secondary N) is 1. The number of hydrogen-bond donors (Lipinski definition) is 1. The lowest BCUT2D eigenvalue weighted by atomic mass is 10.2. The molecule has 0 aliphatic heterocycles. The van der Waals surface area contributed by atoms with Crippen LogP contribution in [0.2, 0.25) is 0 Å². The van der Waals surface area contributed by atoms with Crippen molar-refractivity contribution in [3.8, 4) is 0 Å². The smallest absolute Gasteiger partial charge is 0.0330 e. The molecule has 0 bridgehead atoms. The summed E-state index contributed by atoms with van der Waals surface area (Å²) in [5.74, 6) is 0. The molecule has 3 heteroatoms. The monoisotopic (exact) mass is 252 g/mol. The molecule has 1 heterocycles. The van der Waals surface area contributed by atoms with Gasteiger partial charge >= 0.3 is 0 Å². The summed E-state index contributed by atoms with van der Waals surface area (Å²) in [6.45, 7) is 8.04. The van der Waals surface area contributed by atoms with Crippen molar-refractivity contribution < 1.29 is 0 Å². The van der Waals surface area contributed by atoms with Crippen LogP contribution in [0.15, 0.2) is 17.5 Å². The lowest BCUT2D eigenvalue weighted by Crippen LogP contribution is -2.35. The standard InChI is InChI=1S/C14H24N2S/c1-3-16(11-14-5-4-10-17-14)12(2)8-9-15-13-6-7-13/h4-5,10,12-13,15H,3,6-9,11H2,1-2H3. The average Bonchev–Trinajstić information content (AvgIpc) is 3.01. The Morgan fingerprint density at radius 1 is 1.53 bits per heavy atom. The highest BCUT2D eigenvalue weighted by molar-refractivity contribution is 7.09. The van der Waals surface area contributed by atoms with Crippen molar-refractivity contribution in [2.75, 3.05) is 13.1 Å². The lowest BCUT2D eigenvalue weighted by Gasteiger charge is -2.27. The van der Waals surface area contributed by atoms with Crippen LogP contribution in [0.5, 0.6) is 0 Å². The molecule has 1 aromatic heterocycles. The average molecular weight is 252 g/mol. The second-order valence-electron chi connectivity index (χ2n) is 5.01. The van der Waals surface area contributed by atoms with Gasteiger partial charge < -0.3 is 5.32 Å². The van der Waals surface area contributed by atoms with Gasteiger partial charge in [0.25, 0.3) is 0 Å². The van der Waals surface area contributed by atoms with E-state index in [1.807, 2.05) is 11.3 Å². The van der Waals surface area contributed by atoms with Gasteiger partial charge in [0.2, 0.25) is 0 Å². The molecule has 1 fully saturated rings. The van der Waals surface area contributed by atoms with Crippen molar-refractivity contribution in [1.82, 2.24) is 10.2 Å². The molecule has 1 unspecified atom stereocenters. The van der Waals surface area contributed by atoms with Gasteiger partial charge in [-0.15, -0.1) is 11.3 Å². The molecule has 2 nitrogen and oxygen atoms in total. The first-order chi connectivity index (χ1) is 8.29. The van der Waals surface area contributed by atoms with Crippen LogP contribution in [0, 0.1) is 0 Å². The summed E-state index contributed by atoms with van der Waals surface area (Å²) in [4.78, 5) is 4.05. The fraction of sp³-hybridized carbons (Fsp3) is 0.714. The van der Waals surface area contributed by atoms with Crippen LogP contribution in [0.25, 0.3) is 0 Å².